The number of hydrogen-bond donors (Lipinski definition) is 2. The average Bonchev–Trinajstić information content (AvgIpc) is 3.23. The molecule has 0 atom stereocenters. The van der Waals surface area contributed by atoms with E-state index in [9.17, 15) is 9.59 Å². The van der Waals surface area contributed by atoms with Gasteiger partial charge in [-0.2, -0.15) is 0 Å². The SMILES string of the molecule is COC(=O)c1ccc2oc3ncnc(Nc4ccc(NC(=O)c5cccc(Cl)n5)cc4)c3c2c1. The summed E-state index contributed by atoms with van der Waals surface area (Å²) in [7, 11) is 1.33. The van der Waals surface area contributed by atoms with Gasteiger partial charge in [-0.15, -0.1) is 0 Å². The van der Waals surface area contributed by atoms with Crippen LogP contribution in [0.2, 0.25) is 5.15 Å². The van der Waals surface area contributed by atoms with Gasteiger partial charge in [0.05, 0.1) is 18.1 Å². The molecule has 0 bridgehead atoms. The summed E-state index contributed by atoms with van der Waals surface area (Å²) in [6, 6.07) is 16.9. The minimum absolute atomic E-state index is 0.219. The quantitative estimate of drug-likeness (QED) is 0.264. The van der Waals surface area contributed by atoms with Crippen LogP contribution >= 0.6 is 11.6 Å². The second-order valence-corrected chi connectivity index (χ2v) is 7.60. The van der Waals surface area contributed by atoms with E-state index in [1.165, 1.54) is 13.4 Å². The van der Waals surface area contributed by atoms with E-state index >= 15 is 0 Å². The highest BCUT2D eigenvalue weighted by Crippen LogP contribution is 2.33. The third-order valence-electron chi connectivity index (χ3n) is 5.04. The smallest absolute Gasteiger partial charge is 0.337 e. The Balaban J connectivity index is 1.41. The van der Waals surface area contributed by atoms with Gasteiger partial charge in [-0.1, -0.05) is 17.7 Å². The van der Waals surface area contributed by atoms with Gasteiger partial charge in [-0.25, -0.2) is 19.7 Å². The molecule has 0 spiro atoms. The van der Waals surface area contributed by atoms with Gasteiger partial charge in [0, 0.05) is 16.8 Å². The normalized spacial score (nSPS) is 10.9. The molecular formula is C24H16ClN5O4. The number of amides is 1. The lowest BCUT2D eigenvalue weighted by Crippen LogP contribution is -2.13. The number of hydrogen-bond acceptors (Lipinski definition) is 8. The predicted molar refractivity (Wildman–Crippen MR) is 128 cm³/mol. The first-order chi connectivity index (χ1) is 16.5. The average molecular weight is 474 g/mol. The summed E-state index contributed by atoms with van der Waals surface area (Å²) in [4.78, 5) is 36.9. The first kappa shape index (κ1) is 21.4. The zero-order chi connectivity index (χ0) is 23.7. The Bertz CT molecular complexity index is 1550. The summed E-state index contributed by atoms with van der Waals surface area (Å²) in [5.74, 6) is -0.314. The second-order valence-electron chi connectivity index (χ2n) is 7.21. The number of ether oxygens (including phenoxy) is 1. The largest absolute Gasteiger partial charge is 0.465 e. The van der Waals surface area contributed by atoms with Crippen LogP contribution in [-0.4, -0.2) is 33.9 Å². The highest BCUT2D eigenvalue weighted by Gasteiger charge is 2.16. The molecule has 2 N–H and O–H groups in total. The summed E-state index contributed by atoms with van der Waals surface area (Å²) < 4.78 is 10.6. The van der Waals surface area contributed by atoms with Crippen molar-refractivity contribution in [3.8, 4) is 0 Å². The molecular weight excluding hydrogens is 458 g/mol. The Kier molecular flexibility index (Phi) is 5.52. The van der Waals surface area contributed by atoms with Crippen molar-refractivity contribution in [2.75, 3.05) is 17.7 Å². The maximum atomic E-state index is 12.4. The van der Waals surface area contributed by atoms with Gasteiger partial charge < -0.3 is 19.8 Å². The van der Waals surface area contributed by atoms with Gasteiger partial charge in [0.15, 0.2) is 0 Å². The number of nitrogens with one attached hydrogen (secondary N) is 2. The molecule has 0 unspecified atom stereocenters. The van der Waals surface area contributed by atoms with Crippen molar-refractivity contribution in [3.63, 3.8) is 0 Å². The van der Waals surface area contributed by atoms with Gasteiger partial charge in [0.1, 0.15) is 28.6 Å². The molecule has 9 nitrogen and oxygen atoms in total. The van der Waals surface area contributed by atoms with Crippen LogP contribution in [0.5, 0.6) is 0 Å². The fourth-order valence-corrected chi connectivity index (χ4v) is 3.61. The maximum Gasteiger partial charge on any atom is 0.337 e. The van der Waals surface area contributed by atoms with Gasteiger partial charge in [-0.05, 0) is 54.6 Å². The van der Waals surface area contributed by atoms with Crippen molar-refractivity contribution in [1.82, 2.24) is 15.0 Å². The van der Waals surface area contributed by atoms with Crippen molar-refractivity contribution in [2.45, 2.75) is 0 Å². The fourth-order valence-electron chi connectivity index (χ4n) is 3.45. The van der Waals surface area contributed by atoms with Crippen LogP contribution in [0.3, 0.4) is 0 Å². The zero-order valence-corrected chi connectivity index (χ0v) is 18.5. The number of benzene rings is 2. The second kappa shape index (κ2) is 8.80. The standard InChI is InChI=1S/C24H16ClN5O4/c1-33-24(32)13-5-10-18-16(11-13)20-21(26-12-27-23(20)34-18)28-14-6-8-15(9-7-14)29-22(31)17-3-2-4-19(25)30-17/h2-12H,1H3,(H,29,31)(H,26,27,28). The minimum Gasteiger partial charge on any atom is -0.465 e. The number of rotatable bonds is 5. The Hall–Kier alpha value is -4.50. The molecule has 5 aromatic rings. The summed E-state index contributed by atoms with van der Waals surface area (Å²) in [6.45, 7) is 0. The third kappa shape index (κ3) is 4.12. The Morgan fingerprint density at radius 1 is 1.00 bits per heavy atom. The zero-order valence-electron chi connectivity index (χ0n) is 17.7. The van der Waals surface area contributed by atoms with Crippen LogP contribution in [0, 0.1) is 0 Å². The predicted octanol–water partition coefficient (Wildman–Crippen LogP) is 5.21. The van der Waals surface area contributed by atoms with Crippen LogP contribution in [0.25, 0.3) is 22.1 Å². The molecule has 34 heavy (non-hydrogen) atoms. The molecule has 1 amide bonds. The number of fused-ring (bicyclic) bond motifs is 3. The van der Waals surface area contributed by atoms with Crippen LogP contribution in [0.1, 0.15) is 20.8 Å². The molecule has 5 rings (SSSR count). The molecule has 3 heterocycles. The molecule has 3 aromatic heterocycles. The third-order valence-corrected chi connectivity index (χ3v) is 5.25. The highest BCUT2D eigenvalue weighted by atomic mass is 35.5. The number of pyridine rings is 1. The summed E-state index contributed by atoms with van der Waals surface area (Å²) in [5.41, 5.74) is 2.86. The maximum absolute atomic E-state index is 12.4. The number of carbonyl (C=O) groups is 2. The Morgan fingerprint density at radius 3 is 2.56 bits per heavy atom. The van der Waals surface area contributed by atoms with E-state index in [1.54, 1.807) is 60.7 Å². The van der Waals surface area contributed by atoms with Crippen LogP contribution in [0.15, 0.2) is 71.4 Å². The van der Waals surface area contributed by atoms with Crippen molar-refractivity contribution in [1.29, 1.82) is 0 Å². The molecule has 10 heteroatoms. The minimum atomic E-state index is -0.451. The number of furan rings is 1. The molecule has 0 saturated heterocycles. The van der Waals surface area contributed by atoms with Gasteiger partial charge in [0.2, 0.25) is 5.71 Å². The Labute approximate surface area is 197 Å². The van der Waals surface area contributed by atoms with Gasteiger partial charge in [-0.3, -0.25) is 4.79 Å². The molecule has 0 aliphatic heterocycles. The number of anilines is 3. The van der Waals surface area contributed by atoms with E-state index in [4.69, 9.17) is 20.8 Å². The Morgan fingerprint density at radius 2 is 1.79 bits per heavy atom. The van der Waals surface area contributed by atoms with E-state index in [-0.39, 0.29) is 16.8 Å². The number of carbonyl (C=O) groups excluding carboxylic acids is 2. The molecule has 2 aromatic carbocycles. The van der Waals surface area contributed by atoms with Crippen molar-refractivity contribution < 1.29 is 18.7 Å². The van der Waals surface area contributed by atoms with Crippen molar-refractivity contribution in [2.24, 2.45) is 0 Å². The molecule has 0 radical (unpaired) electrons. The van der Waals surface area contributed by atoms with E-state index in [0.717, 1.165) is 5.69 Å². The molecule has 0 aliphatic carbocycles. The number of halogens is 1. The van der Waals surface area contributed by atoms with E-state index in [0.29, 0.717) is 39.1 Å². The number of methoxy groups -OCH3 is 1. The van der Waals surface area contributed by atoms with E-state index < -0.39 is 5.97 Å². The lowest BCUT2D eigenvalue weighted by Gasteiger charge is -2.09. The fraction of sp³-hybridized carbons (Fsp3) is 0.0417. The van der Waals surface area contributed by atoms with Crippen LogP contribution < -0.4 is 10.6 Å². The molecule has 0 fully saturated rings. The molecule has 0 aliphatic rings. The number of esters is 1. The van der Waals surface area contributed by atoms with Gasteiger partial charge >= 0.3 is 5.97 Å². The van der Waals surface area contributed by atoms with Crippen LogP contribution in [0.4, 0.5) is 17.2 Å². The number of aromatic nitrogens is 3. The van der Waals surface area contributed by atoms with Crippen LogP contribution in [-0.2, 0) is 4.74 Å². The lowest BCUT2D eigenvalue weighted by molar-refractivity contribution is 0.0601. The first-order valence-corrected chi connectivity index (χ1v) is 10.5. The molecule has 168 valence electrons. The van der Waals surface area contributed by atoms with Gasteiger partial charge in [0.25, 0.3) is 5.91 Å². The monoisotopic (exact) mass is 473 g/mol. The lowest BCUT2D eigenvalue weighted by atomic mass is 10.1. The molecule has 0 saturated carbocycles. The first-order valence-electron chi connectivity index (χ1n) is 10.1. The van der Waals surface area contributed by atoms with Crippen molar-refractivity contribution in [3.05, 3.63) is 83.4 Å². The highest BCUT2D eigenvalue weighted by molar-refractivity contribution is 6.29. The van der Waals surface area contributed by atoms with E-state index in [1.807, 2.05) is 0 Å². The summed E-state index contributed by atoms with van der Waals surface area (Å²) in [6.07, 6.45) is 1.39. The summed E-state index contributed by atoms with van der Waals surface area (Å²) >= 11 is 5.85. The topological polar surface area (TPSA) is 119 Å². The number of nitrogens with zero attached hydrogens (tertiary/aromatic N) is 3. The van der Waals surface area contributed by atoms with E-state index in [2.05, 4.69) is 25.6 Å². The summed E-state index contributed by atoms with van der Waals surface area (Å²) in [5, 5.41) is 7.57. The van der Waals surface area contributed by atoms with Crippen molar-refractivity contribution >= 4 is 62.7 Å².